The lowest BCUT2D eigenvalue weighted by molar-refractivity contribution is 0.166. The van der Waals surface area contributed by atoms with Crippen LogP contribution in [0, 0.1) is 0 Å². The van der Waals surface area contributed by atoms with Gasteiger partial charge in [0.15, 0.2) is 0 Å². The van der Waals surface area contributed by atoms with Gasteiger partial charge in [0.25, 0.3) is 0 Å². The molecule has 4 nitrogen and oxygen atoms in total. The maximum Gasteiger partial charge on any atom is 0.123 e. The van der Waals surface area contributed by atoms with Crippen LogP contribution in [0.4, 0.5) is 0 Å². The summed E-state index contributed by atoms with van der Waals surface area (Å²) in [4.78, 5) is 7.48. The van der Waals surface area contributed by atoms with E-state index in [1.165, 1.54) is 43.4 Å². The van der Waals surface area contributed by atoms with Gasteiger partial charge in [-0.2, -0.15) is 0 Å². The van der Waals surface area contributed by atoms with Crippen molar-refractivity contribution in [3.8, 4) is 5.75 Å². The van der Waals surface area contributed by atoms with E-state index in [1.54, 1.807) is 7.11 Å². The number of thioether (sulfide) groups is 1. The van der Waals surface area contributed by atoms with Gasteiger partial charge >= 0.3 is 0 Å². The lowest BCUT2D eigenvalue weighted by Crippen LogP contribution is -2.46. The lowest BCUT2D eigenvalue weighted by Gasteiger charge is -2.41. The number of hydrogen-bond donors (Lipinski definition) is 1. The van der Waals surface area contributed by atoms with Gasteiger partial charge in [-0.05, 0) is 31.0 Å². The van der Waals surface area contributed by atoms with Crippen LogP contribution in [0.3, 0.4) is 0 Å². The predicted molar refractivity (Wildman–Crippen MR) is 122 cm³/mol. The molecule has 1 aromatic carbocycles. The van der Waals surface area contributed by atoms with Crippen LogP contribution in [-0.2, 0) is 0 Å². The van der Waals surface area contributed by atoms with Crippen LogP contribution in [0.1, 0.15) is 54.7 Å². The molecule has 1 saturated carbocycles. The second kappa shape index (κ2) is 10.5. The first kappa shape index (κ1) is 20.7. The molecule has 2 aromatic rings. The van der Waals surface area contributed by atoms with Crippen molar-refractivity contribution in [1.82, 2.24) is 15.2 Å². The molecule has 2 atom stereocenters. The first-order valence-electron chi connectivity index (χ1n) is 11.0. The highest BCUT2D eigenvalue weighted by Gasteiger charge is 2.36. The Morgan fingerprint density at radius 3 is 2.52 bits per heavy atom. The smallest absolute Gasteiger partial charge is 0.123 e. The minimum atomic E-state index is 0.259. The van der Waals surface area contributed by atoms with E-state index in [4.69, 9.17) is 9.72 Å². The van der Waals surface area contributed by atoms with E-state index >= 15 is 0 Å². The normalized spacial score (nSPS) is 20.9. The van der Waals surface area contributed by atoms with E-state index in [0.717, 1.165) is 37.2 Å². The molecule has 1 aliphatic heterocycles. The summed E-state index contributed by atoms with van der Waals surface area (Å²) >= 11 is 2.15. The van der Waals surface area contributed by atoms with Gasteiger partial charge in [-0.15, -0.1) is 11.8 Å². The fraction of sp³-hybridized carbons (Fsp3) is 0.542. The molecule has 0 radical (unpaired) electrons. The van der Waals surface area contributed by atoms with Crippen molar-refractivity contribution in [2.45, 2.75) is 48.6 Å². The summed E-state index contributed by atoms with van der Waals surface area (Å²) in [6.45, 7) is 4.18. The van der Waals surface area contributed by atoms with Crippen LogP contribution in [0.15, 0.2) is 48.7 Å². The molecular weight excluding hydrogens is 378 g/mol. The van der Waals surface area contributed by atoms with Crippen molar-refractivity contribution in [1.29, 1.82) is 0 Å². The Labute approximate surface area is 179 Å². The summed E-state index contributed by atoms with van der Waals surface area (Å²) in [5, 5.41) is 4.53. The molecule has 0 spiro atoms. The predicted octanol–water partition coefficient (Wildman–Crippen LogP) is 4.84. The highest BCUT2D eigenvalue weighted by atomic mass is 32.2. The van der Waals surface area contributed by atoms with Gasteiger partial charge in [0, 0.05) is 43.2 Å². The molecule has 1 N–H and O–H groups in total. The van der Waals surface area contributed by atoms with Crippen molar-refractivity contribution in [2.24, 2.45) is 0 Å². The third-order valence-electron chi connectivity index (χ3n) is 6.16. The third-order valence-corrected chi connectivity index (χ3v) is 7.81. The molecule has 1 aromatic heterocycles. The first-order chi connectivity index (χ1) is 14.4. The first-order valence-corrected chi connectivity index (χ1v) is 11.9. The minimum Gasteiger partial charge on any atom is -0.496 e. The van der Waals surface area contributed by atoms with Gasteiger partial charge in [0.05, 0.1) is 24.1 Å². The molecule has 156 valence electrons. The Kier molecular flexibility index (Phi) is 7.47. The monoisotopic (exact) mass is 411 g/mol. The Hall–Kier alpha value is -1.56. The number of para-hydroxylation sites is 1. The van der Waals surface area contributed by atoms with Crippen LogP contribution < -0.4 is 10.1 Å². The number of pyridine rings is 1. The number of piperazine rings is 1. The molecule has 1 saturated heterocycles. The van der Waals surface area contributed by atoms with Crippen molar-refractivity contribution in [3.05, 3.63) is 59.9 Å². The van der Waals surface area contributed by atoms with Gasteiger partial charge < -0.3 is 10.1 Å². The van der Waals surface area contributed by atoms with E-state index in [1.807, 2.05) is 12.3 Å². The largest absolute Gasteiger partial charge is 0.496 e. The van der Waals surface area contributed by atoms with E-state index < -0.39 is 0 Å². The van der Waals surface area contributed by atoms with Crippen LogP contribution in [0.25, 0.3) is 0 Å². The summed E-state index contributed by atoms with van der Waals surface area (Å²) < 4.78 is 5.82. The number of ether oxygens (including phenoxy) is 1. The Balaban J connectivity index is 1.74. The topological polar surface area (TPSA) is 37.4 Å². The number of rotatable bonds is 7. The van der Waals surface area contributed by atoms with Crippen molar-refractivity contribution < 1.29 is 4.74 Å². The number of benzene rings is 1. The summed E-state index contributed by atoms with van der Waals surface area (Å²) in [5.41, 5.74) is 2.48. The number of nitrogens with one attached hydrogen (secondary N) is 1. The fourth-order valence-electron chi connectivity index (χ4n) is 4.68. The molecule has 2 unspecified atom stereocenters. The van der Waals surface area contributed by atoms with Crippen molar-refractivity contribution in [3.63, 3.8) is 0 Å². The highest BCUT2D eigenvalue weighted by Crippen LogP contribution is 2.49. The summed E-state index contributed by atoms with van der Waals surface area (Å²) in [5.74, 6) is 0.987. The quantitative estimate of drug-likeness (QED) is 0.705. The lowest BCUT2D eigenvalue weighted by atomic mass is 9.97. The van der Waals surface area contributed by atoms with Crippen LogP contribution in [0.2, 0.25) is 0 Å². The van der Waals surface area contributed by atoms with E-state index in [0.29, 0.717) is 5.25 Å². The van der Waals surface area contributed by atoms with Crippen LogP contribution in [-0.4, -0.2) is 48.4 Å². The molecule has 29 heavy (non-hydrogen) atoms. The number of methoxy groups -OCH3 is 1. The van der Waals surface area contributed by atoms with E-state index in [-0.39, 0.29) is 6.04 Å². The molecule has 4 rings (SSSR count). The van der Waals surface area contributed by atoms with Gasteiger partial charge in [-0.3, -0.25) is 9.88 Å². The average Bonchev–Trinajstić information content (AvgIpc) is 2.81. The Morgan fingerprint density at radius 1 is 1.03 bits per heavy atom. The number of hydrogen-bond acceptors (Lipinski definition) is 5. The second-order valence-electron chi connectivity index (χ2n) is 8.04. The molecule has 5 heteroatoms. The molecular formula is C24H33N3OS. The fourth-order valence-corrected chi connectivity index (χ4v) is 6.45. The van der Waals surface area contributed by atoms with Gasteiger partial charge in [0.1, 0.15) is 5.75 Å². The highest BCUT2D eigenvalue weighted by molar-refractivity contribution is 8.00. The van der Waals surface area contributed by atoms with Gasteiger partial charge in [-0.25, -0.2) is 0 Å². The van der Waals surface area contributed by atoms with Gasteiger partial charge in [0.2, 0.25) is 0 Å². The zero-order chi connectivity index (χ0) is 19.9. The van der Waals surface area contributed by atoms with Crippen molar-refractivity contribution in [2.75, 3.05) is 33.3 Å². The standard InChI is InChI=1S/C24H33N3OS/c1-28-22-13-6-5-11-20(22)23(27-17-15-25-16-18-27)24(21-12-7-8-14-26-21)29-19-9-3-2-4-10-19/h5-8,11-14,19,23-25H,2-4,9-10,15-18H2,1H3. The summed E-state index contributed by atoms with van der Waals surface area (Å²) in [6.07, 6.45) is 8.71. The molecule has 2 aliphatic rings. The van der Waals surface area contributed by atoms with E-state index in [9.17, 15) is 0 Å². The second-order valence-corrected chi connectivity index (χ2v) is 9.49. The Morgan fingerprint density at radius 2 is 1.79 bits per heavy atom. The molecule has 2 heterocycles. The SMILES string of the molecule is COc1ccccc1C(C(SC1CCCCC1)c1ccccn1)N1CCNCC1. The summed E-state index contributed by atoms with van der Waals surface area (Å²) in [7, 11) is 1.79. The molecule has 0 amide bonds. The average molecular weight is 412 g/mol. The van der Waals surface area contributed by atoms with Crippen LogP contribution in [0.5, 0.6) is 5.75 Å². The maximum absolute atomic E-state index is 5.82. The summed E-state index contributed by atoms with van der Waals surface area (Å²) in [6, 6.07) is 15.2. The maximum atomic E-state index is 5.82. The molecule has 0 bridgehead atoms. The Bertz CT molecular complexity index is 745. The third kappa shape index (κ3) is 5.14. The minimum absolute atomic E-state index is 0.259. The van der Waals surface area contributed by atoms with Gasteiger partial charge in [-0.1, -0.05) is 43.5 Å². The van der Waals surface area contributed by atoms with E-state index in [2.05, 4.69) is 58.4 Å². The molecule has 1 aliphatic carbocycles. The number of aromatic nitrogens is 1. The zero-order valence-corrected chi connectivity index (χ0v) is 18.2. The van der Waals surface area contributed by atoms with Crippen molar-refractivity contribution >= 4 is 11.8 Å². The van der Waals surface area contributed by atoms with Crippen LogP contribution >= 0.6 is 11.8 Å². The zero-order valence-electron chi connectivity index (χ0n) is 17.4. The number of nitrogens with zero attached hydrogens (tertiary/aromatic N) is 2. The molecule has 2 fully saturated rings.